The minimum Gasteiger partial charge on any atom is -0.304 e. The first kappa shape index (κ1) is 15.1. The summed E-state index contributed by atoms with van der Waals surface area (Å²) < 4.78 is 0. The molecule has 1 nitrogen and oxygen atoms in total. The Kier molecular flexibility index (Phi) is 4.85. The molecule has 2 atom stereocenters. The van der Waals surface area contributed by atoms with Crippen molar-refractivity contribution in [3.05, 3.63) is 69.7 Å². The van der Waals surface area contributed by atoms with Gasteiger partial charge in [-0.2, -0.15) is 0 Å². The highest BCUT2D eigenvalue weighted by molar-refractivity contribution is 6.30. The molecule has 1 unspecified atom stereocenters. The number of halogens is 1. The highest BCUT2D eigenvalue weighted by Gasteiger charge is 2.11. The summed E-state index contributed by atoms with van der Waals surface area (Å²) in [7, 11) is 0. The van der Waals surface area contributed by atoms with E-state index in [2.05, 4.69) is 63.3 Å². The van der Waals surface area contributed by atoms with Gasteiger partial charge in [-0.25, -0.2) is 0 Å². The van der Waals surface area contributed by atoms with Gasteiger partial charge in [-0.1, -0.05) is 41.9 Å². The van der Waals surface area contributed by atoms with Crippen LogP contribution in [0.25, 0.3) is 0 Å². The van der Waals surface area contributed by atoms with Gasteiger partial charge in [0, 0.05) is 17.1 Å². The molecule has 0 aromatic heterocycles. The van der Waals surface area contributed by atoms with Crippen LogP contribution in [-0.4, -0.2) is 0 Å². The molecule has 2 aromatic rings. The molecule has 0 radical (unpaired) electrons. The lowest BCUT2D eigenvalue weighted by atomic mass is 10.0. The molecule has 2 rings (SSSR count). The summed E-state index contributed by atoms with van der Waals surface area (Å²) in [5.74, 6) is 0. The molecule has 0 aliphatic carbocycles. The molecular weight excluding hydrogens is 266 g/mol. The molecule has 0 spiro atoms. The van der Waals surface area contributed by atoms with Crippen LogP contribution >= 0.6 is 11.6 Å². The van der Waals surface area contributed by atoms with E-state index in [4.69, 9.17) is 11.6 Å². The van der Waals surface area contributed by atoms with Gasteiger partial charge in [0.05, 0.1) is 0 Å². The SMILES string of the molecule is Cc1ccc(C(C)N[C@H](C)c2ccc(Cl)cc2)cc1C. The second kappa shape index (κ2) is 6.43. The maximum absolute atomic E-state index is 5.93. The summed E-state index contributed by atoms with van der Waals surface area (Å²) in [6.07, 6.45) is 0. The van der Waals surface area contributed by atoms with Crippen LogP contribution in [0.5, 0.6) is 0 Å². The number of nitrogens with one attached hydrogen (secondary N) is 1. The standard InChI is InChI=1S/C18H22ClN/c1-12-5-6-17(11-13(12)2)15(4)20-14(3)16-7-9-18(19)10-8-16/h5-11,14-15,20H,1-4H3/t14-,15?/m1/s1. The molecule has 0 aliphatic rings. The van der Waals surface area contributed by atoms with Crippen LogP contribution in [0.2, 0.25) is 5.02 Å². The topological polar surface area (TPSA) is 12.0 Å². The van der Waals surface area contributed by atoms with Crippen LogP contribution in [0.1, 0.15) is 48.2 Å². The Hall–Kier alpha value is -1.31. The van der Waals surface area contributed by atoms with Crippen molar-refractivity contribution >= 4 is 11.6 Å². The Morgan fingerprint density at radius 3 is 1.95 bits per heavy atom. The average molecular weight is 288 g/mol. The van der Waals surface area contributed by atoms with Crippen molar-refractivity contribution in [2.75, 3.05) is 0 Å². The average Bonchev–Trinajstić information content (AvgIpc) is 2.42. The normalized spacial score (nSPS) is 14.1. The molecule has 0 saturated heterocycles. The minimum absolute atomic E-state index is 0.295. The smallest absolute Gasteiger partial charge is 0.0406 e. The lowest BCUT2D eigenvalue weighted by Crippen LogP contribution is -2.22. The summed E-state index contributed by atoms with van der Waals surface area (Å²) in [5, 5.41) is 4.42. The zero-order valence-electron chi connectivity index (χ0n) is 12.6. The molecule has 0 fully saturated rings. The first-order chi connectivity index (χ1) is 9.47. The Balaban J connectivity index is 2.08. The van der Waals surface area contributed by atoms with Crippen LogP contribution in [-0.2, 0) is 0 Å². The number of benzene rings is 2. The summed E-state index contributed by atoms with van der Waals surface area (Å²) >= 11 is 5.93. The molecule has 0 amide bonds. The van der Waals surface area contributed by atoms with Gasteiger partial charge in [-0.3, -0.25) is 0 Å². The third-order valence-electron chi connectivity index (χ3n) is 3.90. The molecular formula is C18H22ClN. The van der Waals surface area contributed by atoms with Crippen molar-refractivity contribution < 1.29 is 0 Å². The highest BCUT2D eigenvalue weighted by atomic mass is 35.5. The summed E-state index contributed by atoms with van der Waals surface area (Å²) in [5.41, 5.74) is 5.26. The van der Waals surface area contributed by atoms with Crippen LogP contribution in [0, 0.1) is 13.8 Å². The third kappa shape index (κ3) is 3.62. The van der Waals surface area contributed by atoms with E-state index in [1.807, 2.05) is 12.1 Å². The largest absolute Gasteiger partial charge is 0.304 e. The van der Waals surface area contributed by atoms with E-state index in [-0.39, 0.29) is 0 Å². The predicted molar refractivity (Wildman–Crippen MR) is 87.3 cm³/mol. The van der Waals surface area contributed by atoms with E-state index in [9.17, 15) is 0 Å². The molecule has 106 valence electrons. The van der Waals surface area contributed by atoms with Gasteiger partial charge in [0.15, 0.2) is 0 Å². The third-order valence-corrected chi connectivity index (χ3v) is 4.15. The van der Waals surface area contributed by atoms with Gasteiger partial charge in [0.1, 0.15) is 0 Å². The predicted octanol–water partition coefficient (Wildman–Crippen LogP) is 5.37. The molecule has 0 bridgehead atoms. The molecule has 0 aliphatic heterocycles. The molecule has 20 heavy (non-hydrogen) atoms. The zero-order valence-corrected chi connectivity index (χ0v) is 13.3. The van der Waals surface area contributed by atoms with E-state index < -0.39 is 0 Å². The number of rotatable bonds is 4. The summed E-state index contributed by atoms with van der Waals surface area (Å²) in [6, 6.07) is 15.3. The Morgan fingerprint density at radius 1 is 0.800 bits per heavy atom. The van der Waals surface area contributed by atoms with E-state index in [1.165, 1.54) is 22.3 Å². The molecule has 0 saturated carbocycles. The van der Waals surface area contributed by atoms with E-state index in [1.54, 1.807) is 0 Å². The van der Waals surface area contributed by atoms with Crippen LogP contribution < -0.4 is 5.32 Å². The first-order valence-corrected chi connectivity index (χ1v) is 7.44. The lowest BCUT2D eigenvalue weighted by Gasteiger charge is -2.21. The van der Waals surface area contributed by atoms with Gasteiger partial charge >= 0.3 is 0 Å². The Bertz CT molecular complexity index is 574. The fraction of sp³-hybridized carbons (Fsp3) is 0.333. The summed E-state index contributed by atoms with van der Waals surface area (Å²) in [4.78, 5) is 0. The van der Waals surface area contributed by atoms with Gasteiger partial charge < -0.3 is 5.32 Å². The van der Waals surface area contributed by atoms with Gasteiger partial charge in [0.25, 0.3) is 0 Å². The van der Waals surface area contributed by atoms with E-state index >= 15 is 0 Å². The van der Waals surface area contributed by atoms with Crippen molar-refractivity contribution in [1.29, 1.82) is 0 Å². The zero-order chi connectivity index (χ0) is 14.7. The fourth-order valence-corrected chi connectivity index (χ4v) is 2.48. The van der Waals surface area contributed by atoms with Crippen LogP contribution in [0.3, 0.4) is 0 Å². The molecule has 1 N–H and O–H groups in total. The van der Waals surface area contributed by atoms with Gasteiger partial charge in [-0.05, 0) is 62.1 Å². The van der Waals surface area contributed by atoms with Crippen LogP contribution in [0.15, 0.2) is 42.5 Å². The minimum atomic E-state index is 0.295. The van der Waals surface area contributed by atoms with Crippen LogP contribution in [0.4, 0.5) is 0 Å². The Labute approximate surface area is 127 Å². The summed E-state index contributed by atoms with van der Waals surface area (Å²) in [6.45, 7) is 8.69. The highest BCUT2D eigenvalue weighted by Crippen LogP contribution is 2.22. The van der Waals surface area contributed by atoms with Gasteiger partial charge in [-0.15, -0.1) is 0 Å². The number of hydrogen-bond acceptors (Lipinski definition) is 1. The maximum atomic E-state index is 5.93. The van der Waals surface area contributed by atoms with Crippen molar-refractivity contribution in [1.82, 2.24) is 5.32 Å². The molecule has 0 heterocycles. The second-order valence-electron chi connectivity index (χ2n) is 5.51. The Morgan fingerprint density at radius 2 is 1.35 bits per heavy atom. The number of aryl methyl sites for hydroxylation is 2. The van der Waals surface area contributed by atoms with E-state index in [0.717, 1.165) is 5.02 Å². The fourth-order valence-electron chi connectivity index (χ4n) is 2.35. The van der Waals surface area contributed by atoms with Crippen molar-refractivity contribution in [3.63, 3.8) is 0 Å². The van der Waals surface area contributed by atoms with Crippen molar-refractivity contribution in [2.24, 2.45) is 0 Å². The molecule has 2 heteroatoms. The first-order valence-electron chi connectivity index (χ1n) is 7.06. The second-order valence-corrected chi connectivity index (χ2v) is 5.94. The lowest BCUT2D eigenvalue weighted by molar-refractivity contribution is 0.494. The van der Waals surface area contributed by atoms with Gasteiger partial charge in [0.2, 0.25) is 0 Å². The van der Waals surface area contributed by atoms with Crippen molar-refractivity contribution in [3.8, 4) is 0 Å². The number of hydrogen-bond donors (Lipinski definition) is 1. The van der Waals surface area contributed by atoms with E-state index in [0.29, 0.717) is 12.1 Å². The maximum Gasteiger partial charge on any atom is 0.0406 e. The van der Waals surface area contributed by atoms with Crippen molar-refractivity contribution in [2.45, 2.75) is 39.8 Å². The molecule has 2 aromatic carbocycles. The quantitative estimate of drug-likeness (QED) is 0.797. The monoisotopic (exact) mass is 287 g/mol.